The van der Waals surface area contributed by atoms with Crippen LogP contribution in [0.4, 0.5) is 0 Å². The van der Waals surface area contributed by atoms with E-state index in [9.17, 15) is 0 Å². The molecular formula is C14H21N3. The lowest BCUT2D eigenvalue weighted by molar-refractivity contribution is 0.606. The standard InChI is InChI=1S/C14H21N3/c1-2-15-7-3-8-16-11-12-4-5-13-6-9-17-14(13)10-12/h4-6,9-10,15-17H,2-3,7-8,11H2,1H3. The van der Waals surface area contributed by atoms with E-state index in [2.05, 4.69) is 46.8 Å². The molecule has 0 bridgehead atoms. The third kappa shape index (κ3) is 3.58. The maximum Gasteiger partial charge on any atom is 0.0457 e. The van der Waals surface area contributed by atoms with Crippen LogP contribution in [0, 0.1) is 0 Å². The number of H-pyrrole nitrogens is 1. The molecule has 0 spiro atoms. The number of rotatable bonds is 7. The highest BCUT2D eigenvalue weighted by Crippen LogP contribution is 2.13. The number of aromatic amines is 1. The summed E-state index contributed by atoms with van der Waals surface area (Å²) >= 11 is 0. The topological polar surface area (TPSA) is 39.8 Å². The van der Waals surface area contributed by atoms with Crippen LogP contribution in [-0.2, 0) is 6.54 Å². The molecule has 3 heteroatoms. The van der Waals surface area contributed by atoms with Crippen molar-refractivity contribution < 1.29 is 0 Å². The number of nitrogens with one attached hydrogen (secondary N) is 3. The third-order valence-corrected chi connectivity index (χ3v) is 2.91. The van der Waals surface area contributed by atoms with E-state index in [0.717, 1.165) is 26.2 Å². The summed E-state index contributed by atoms with van der Waals surface area (Å²) in [7, 11) is 0. The Hall–Kier alpha value is -1.32. The molecule has 1 heterocycles. The van der Waals surface area contributed by atoms with Gasteiger partial charge in [-0.1, -0.05) is 19.1 Å². The molecule has 1 aromatic heterocycles. The van der Waals surface area contributed by atoms with Crippen molar-refractivity contribution in [2.75, 3.05) is 19.6 Å². The van der Waals surface area contributed by atoms with Gasteiger partial charge in [0.2, 0.25) is 0 Å². The molecule has 3 N–H and O–H groups in total. The van der Waals surface area contributed by atoms with Crippen LogP contribution in [0.5, 0.6) is 0 Å². The van der Waals surface area contributed by atoms with Crippen molar-refractivity contribution in [3.8, 4) is 0 Å². The minimum absolute atomic E-state index is 0.946. The van der Waals surface area contributed by atoms with E-state index in [1.165, 1.54) is 22.9 Å². The van der Waals surface area contributed by atoms with Crippen LogP contribution >= 0.6 is 0 Å². The minimum atomic E-state index is 0.946. The quantitative estimate of drug-likeness (QED) is 0.640. The Morgan fingerprint density at radius 2 is 2.00 bits per heavy atom. The minimum Gasteiger partial charge on any atom is -0.361 e. The molecule has 2 rings (SSSR count). The zero-order valence-electron chi connectivity index (χ0n) is 10.4. The van der Waals surface area contributed by atoms with Gasteiger partial charge in [0.15, 0.2) is 0 Å². The fraction of sp³-hybridized carbons (Fsp3) is 0.429. The van der Waals surface area contributed by atoms with E-state index < -0.39 is 0 Å². The summed E-state index contributed by atoms with van der Waals surface area (Å²) in [6.07, 6.45) is 3.16. The largest absolute Gasteiger partial charge is 0.361 e. The van der Waals surface area contributed by atoms with Crippen molar-refractivity contribution in [1.82, 2.24) is 15.6 Å². The summed E-state index contributed by atoms with van der Waals surface area (Å²) in [5.41, 5.74) is 2.56. The molecular weight excluding hydrogens is 210 g/mol. The van der Waals surface area contributed by atoms with Crippen LogP contribution in [0.3, 0.4) is 0 Å². The fourth-order valence-electron chi connectivity index (χ4n) is 1.95. The van der Waals surface area contributed by atoms with Crippen LogP contribution in [0.2, 0.25) is 0 Å². The first-order valence-electron chi connectivity index (χ1n) is 6.37. The number of benzene rings is 1. The normalized spacial score (nSPS) is 11.1. The highest BCUT2D eigenvalue weighted by molar-refractivity contribution is 5.79. The summed E-state index contributed by atoms with van der Waals surface area (Å²) < 4.78 is 0. The molecule has 0 fully saturated rings. The molecule has 0 radical (unpaired) electrons. The fourth-order valence-corrected chi connectivity index (χ4v) is 1.95. The Morgan fingerprint density at radius 1 is 1.12 bits per heavy atom. The van der Waals surface area contributed by atoms with Crippen LogP contribution < -0.4 is 10.6 Å². The van der Waals surface area contributed by atoms with Crippen LogP contribution in [0.1, 0.15) is 18.9 Å². The lowest BCUT2D eigenvalue weighted by Crippen LogP contribution is -2.21. The van der Waals surface area contributed by atoms with Gasteiger partial charge < -0.3 is 15.6 Å². The Balaban J connectivity index is 1.75. The highest BCUT2D eigenvalue weighted by Gasteiger charge is 1.96. The first kappa shape index (κ1) is 12.1. The molecule has 0 aliphatic heterocycles. The van der Waals surface area contributed by atoms with Gasteiger partial charge in [0, 0.05) is 18.3 Å². The van der Waals surface area contributed by atoms with E-state index >= 15 is 0 Å². The number of hydrogen-bond acceptors (Lipinski definition) is 2. The van der Waals surface area contributed by atoms with Gasteiger partial charge in [-0.15, -0.1) is 0 Å². The third-order valence-electron chi connectivity index (χ3n) is 2.91. The van der Waals surface area contributed by atoms with Gasteiger partial charge in [-0.05, 0) is 49.1 Å². The lowest BCUT2D eigenvalue weighted by Gasteiger charge is -2.05. The second kappa shape index (κ2) is 6.42. The van der Waals surface area contributed by atoms with E-state index in [1.807, 2.05) is 6.20 Å². The second-order valence-corrected chi connectivity index (χ2v) is 4.28. The molecule has 17 heavy (non-hydrogen) atoms. The molecule has 0 aliphatic carbocycles. The number of aromatic nitrogens is 1. The van der Waals surface area contributed by atoms with E-state index in [4.69, 9.17) is 0 Å². The summed E-state index contributed by atoms with van der Waals surface area (Å²) in [5, 5.41) is 8.06. The van der Waals surface area contributed by atoms with Gasteiger partial charge >= 0.3 is 0 Å². The van der Waals surface area contributed by atoms with E-state index in [1.54, 1.807) is 0 Å². The monoisotopic (exact) mass is 231 g/mol. The van der Waals surface area contributed by atoms with Crippen molar-refractivity contribution in [1.29, 1.82) is 0 Å². The molecule has 0 saturated carbocycles. The second-order valence-electron chi connectivity index (χ2n) is 4.28. The molecule has 0 unspecified atom stereocenters. The summed E-state index contributed by atoms with van der Waals surface area (Å²) in [4.78, 5) is 3.24. The molecule has 0 atom stereocenters. The Labute approximate surface area is 103 Å². The first-order chi connectivity index (χ1) is 8.40. The van der Waals surface area contributed by atoms with Crippen molar-refractivity contribution in [2.24, 2.45) is 0 Å². The molecule has 3 nitrogen and oxygen atoms in total. The zero-order chi connectivity index (χ0) is 11.9. The number of fused-ring (bicyclic) bond motifs is 1. The van der Waals surface area contributed by atoms with Crippen molar-refractivity contribution in [3.05, 3.63) is 36.0 Å². The Bertz CT molecular complexity index is 447. The van der Waals surface area contributed by atoms with Crippen molar-refractivity contribution in [2.45, 2.75) is 19.9 Å². The van der Waals surface area contributed by atoms with Gasteiger partial charge in [-0.2, -0.15) is 0 Å². The van der Waals surface area contributed by atoms with Gasteiger partial charge in [0.1, 0.15) is 0 Å². The molecule has 1 aromatic carbocycles. The van der Waals surface area contributed by atoms with Gasteiger partial charge in [0.25, 0.3) is 0 Å². The maximum absolute atomic E-state index is 3.46. The van der Waals surface area contributed by atoms with Crippen LogP contribution in [0.15, 0.2) is 30.5 Å². The molecule has 0 amide bonds. The summed E-state index contributed by atoms with van der Waals surface area (Å²) in [6, 6.07) is 8.67. The van der Waals surface area contributed by atoms with Gasteiger partial charge in [-0.25, -0.2) is 0 Å². The predicted molar refractivity (Wildman–Crippen MR) is 73.2 cm³/mol. The zero-order valence-corrected chi connectivity index (χ0v) is 10.4. The van der Waals surface area contributed by atoms with Gasteiger partial charge in [0.05, 0.1) is 0 Å². The molecule has 2 aromatic rings. The number of hydrogen-bond donors (Lipinski definition) is 3. The molecule has 92 valence electrons. The maximum atomic E-state index is 3.46. The first-order valence-corrected chi connectivity index (χ1v) is 6.37. The summed E-state index contributed by atoms with van der Waals surface area (Å²) in [6.45, 7) is 6.30. The van der Waals surface area contributed by atoms with E-state index in [-0.39, 0.29) is 0 Å². The highest BCUT2D eigenvalue weighted by atomic mass is 14.9. The van der Waals surface area contributed by atoms with Crippen LogP contribution in [0.25, 0.3) is 10.9 Å². The predicted octanol–water partition coefficient (Wildman–Crippen LogP) is 2.26. The smallest absolute Gasteiger partial charge is 0.0457 e. The SMILES string of the molecule is CCNCCCNCc1ccc2cc[nH]c2c1. The van der Waals surface area contributed by atoms with Crippen molar-refractivity contribution >= 4 is 10.9 Å². The molecule has 0 aliphatic rings. The van der Waals surface area contributed by atoms with E-state index in [0.29, 0.717) is 0 Å². The van der Waals surface area contributed by atoms with Gasteiger partial charge in [-0.3, -0.25) is 0 Å². The van der Waals surface area contributed by atoms with Crippen molar-refractivity contribution in [3.63, 3.8) is 0 Å². The van der Waals surface area contributed by atoms with Crippen LogP contribution in [-0.4, -0.2) is 24.6 Å². The average Bonchev–Trinajstić information content (AvgIpc) is 2.81. The Kier molecular flexibility index (Phi) is 4.59. The molecule has 0 saturated heterocycles. The average molecular weight is 231 g/mol. The Morgan fingerprint density at radius 3 is 2.88 bits per heavy atom. The summed E-state index contributed by atoms with van der Waals surface area (Å²) in [5.74, 6) is 0. The lowest BCUT2D eigenvalue weighted by atomic mass is 10.1.